The van der Waals surface area contributed by atoms with Crippen LogP contribution in [0.25, 0.3) is 0 Å². The number of hydrogen-bond donors (Lipinski definition) is 1. The van der Waals surface area contributed by atoms with E-state index in [-0.39, 0.29) is 12.3 Å². The average molecular weight is 456 g/mol. The minimum atomic E-state index is -0.293. The molecule has 6 nitrogen and oxygen atoms in total. The second kappa shape index (κ2) is 10.2. The zero-order chi connectivity index (χ0) is 19.8. The molecule has 8 heteroatoms. The number of amides is 1. The number of halogens is 2. The van der Waals surface area contributed by atoms with Crippen LogP contribution in [0.2, 0.25) is 5.02 Å². The predicted molar refractivity (Wildman–Crippen MR) is 109 cm³/mol. The van der Waals surface area contributed by atoms with E-state index >= 15 is 0 Å². The summed E-state index contributed by atoms with van der Waals surface area (Å²) in [4.78, 5) is 12.1. The van der Waals surface area contributed by atoms with Crippen molar-refractivity contribution in [2.45, 2.75) is 13.3 Å². The normalized spacial score (nSPS) is 10.7. The molecule has 0 saturated heterocycles. The van der Waals surface area contributed by atoms with Gasteiger partial charge in [-0.1, -0.05) is 11.6 Å². The van der Waals surface area contributed by atoms with Crippen molar-refractivity contribution in [2.24, 2.45) is 5.10 Å². The first-order chi connectivity index (χ1) is 13.0. The van der Waals surface area contributed by atoms with Gasteiger partial charge >= 0.3 is 0 Å². The first-order valence-corrected chi connectivity index (χ1v) is 9.30. The molecular formula is C19H20BrClN2O4. The van der Waals surface area contributed by atoms with E-state index in [4.69, 9.17) is 25.8 Å². The van der Waals surface area contributed by atoms with Crippen LogP contribution in [-0.4, -0.2) is 32.9 Å². The Morgan fingerprint density at radius 1 is 1.26 bits per heavy atom. The first-order valence-electron chi connectivity index (χ1n) is 8.13. The van der Waals surface area contributed by atoms with Crippen LogP contribution in [0.1, 0.15) is 18.1 Å². The number of ether oxygens (including phenoxy) is 3. The number of hydrazone groups is 1. The van der Waals surface area contributed by atoms with E-state index in [0.717, 1.165) is 10.0 Å². The van der Waals surface area contributed by atoms with Gasteiger partial charge in [-0.3, -0.25) is 4.79 Å². The summed E-state index contributed by atoms with van der Waals surface area (Å²) in [5, 5.41) is 4.48. The highest BCUT2D eigenvalue weighted by atomic mass is 79.9. The lowest BCUT2D eigenvalue weighted by atomic mass is 10.1. The largest absolute Gasteiger partial charge is 0.497 e. The average Bonchev–Trinajstić information content (AvgIpc) is 2.65. The Morgan fingerprint density at radius 3 is 2.70 bits per heavy atom. The van der Waals surface area contributed by atoms with Crippen LogP contribution >= 0.6 is 27.5 Å². The number of methoxy groups -OCH3 is 2. The molecule has 0 aliphatic carbocycles. The summed E-state index contributed by atoms with van der Waals surface area (Å²) in [6.07, 6.45) is 1.61. The maximum absolute atomic E-state index is 12.1. The molecule has 27 heavy (non-hydrogen) atoms. The molecule has 0 bridgehead atoms. The van der Waals surface area contributed by atoms with Crippen molar-refractivity contribution in [3.8, 4) is 17.2 Å². The van der Waals surface area contributed by atoms with Gasteiger partial charge in [-0.2, -0.15) is 5.10 Å². The van der Waals surface area contributed by atoms with Gasteiger partial charge < -0.3 is 14.2 Å². The molecule has 2 rings (SSSR count). The van der Waals surface area contributed by atoms with Gasteiger partial charge in [0.15, 0.2) is 11.5 Å². The van der Waals surface area contributed by atoms with Crippen LogP contribution in [0.3, 0.4) is 0 Å². The maximum atomic E-state index is 12.1. The van der Waals surface area contributed by atoms with E-state index in [1.807, 2.05) is 13.0 Å². The Bertz CT molecular complexity index is 843. The van der Waals surface area contributed by atoms with Crippen LogP contribution < -0.4 is 19.6 Å². The van der Waals surface area contributed by atoms with E-state index in [0.29, 0.717) is 34.4 Å². The smallest absolute Gasteiger partial charge is 0.244 e. The molecule has 0 aliphatic heterocycles. The quantitative estimate of drug-likeness (QED) is 0.478. The van der Waals surface area contributed by atoms with Gasteiger partial charge in [0.05, 0.1) is 37.9 Å². The third-order valence-electron chi connectivity index (χ3n) is 3.55. The molecule has 0 atom stereocenters. The van der Waals surface area contributed by atoms with Gasteiger partial charge in [-0.05, 0) is 64.3 Å². The van der Waals surface area contributed by atoms with E-state index in [1.54, 1.807) is 38.5 Å². The van der Waals surface area contributed by atoms with Crippen LogP contribution in [0.5, 0.6) is 17.2 Å². The molecule has 1 amide bonds. The van der Waals surface area contributed by atoms with Crippen LogP contribution in [0.4, 0.5) is 0 Å². The first kappa shape index (κ1) is 21.1. The summed E-state index contributed by atoms with van der Waals surface area (Å²) in [5.74, 6) is 1.53. The summed E-state index contributed by atoms with van der Waals surface area (Å²) in [7, 11) is 3.12. The molecule has 0 heterocycles. The SMILES string of the molecule is CCOc1c(Br)cc(/C=N/NC(=O)Cc2cc(OC)ccc2Cl)cc1OC. The monoisotopic (exact) mass is 454 g/mol. The molecule has 0 aromatic heterocycles. The predicted octanol–water partition coefficient (Wildman–Crippen LogP) is 4.21. The summed E-state index contributed by atoms with van der Waals surface area (Å²) in [6.45, 7) is 2.41. The zero-order valence-corrected chi connectivity index (χ0v) is 17.6. The fraction of sp³-hybridized carbons (Fsp3) is 0.263. The van der Waals surface area contributed by atoms with Gasteiger partial charge in [-0.25, -0.2) is 5.43 Å². The van der Waals surface area contributed by atoms with Gasteiger partial charge in [0.2, 0.25) is 5.91 Å². The standard InChI is InChI=1S/C19H20BrClN2O4/c1-4-27-19-15(20)7-12(8-17(19)26-3)11-22-23-18(24)10-13-9-14(25-2)5-6-16(13)21/h5-9,11H,4,10H2,1-3H3,(H,23,24)/b22-11+. The highest BCUT2D eigenvalue weighted by Crippen LogP contribution is 2.36. The van der Waals surface area contributed by atoms with Crippen molar-refractivity contribution in [2.75, 3.05) is 20.8 Å². The number of carbonyl (C=O) groups is 1. The molecule has 2 aromatic carbocycles. The molecule has 0 aliphatic rings. The molecule has 0 unspecified atom stereocenters. The molecule has 1 N–H and O–H groups in total. The lowest BCUT2D eigenvalue weighted by Crippen LogP contribution is -2.20. The Balaban J connectivity index is 2.05. The van der Waals surface area contributed by atoms with Crippen molar-refractivity contribution in [3.05, 3.63) is 51.0 Å². The molecule has 0 radical (unpaired) electrons. The van der Waals surface area contributed by atoms with Gasteiger partial charge in [-0.15, -0.1) is 0 Å². The van der Waals surface area contributed by atoms with Crippen molar-refractivity contribution in [1.29, 1.82) is 0 Å². The number of rotatable bonds is 8. The van der Waals surface area contributed by atoms with Gasteiger partial charge in [0.25, 0.3) is 0 Å². The third kappa shape index (κ3) is 5.87. The molecule has 144 valence electrons. The molecular weight excluding hydrogens is 436 g/mol. The molecule has 0 spiro atoms. The highest BCUT2D eigenvalue weighted by Gasteiger charge is 2.11. The maximum Gasteiger partial charge on any atom is 0.244 e. The number of hydrogen-bond acceptors (Lipinski definition) is 5. The summed E-state index contributed by atoms with van der Waals surface area (Å²) < 4.78 is 16.8. The number of benzene rings is 2. The van der Waals surface area contributed by atoms with Crippen LogP contribution in [0.15, 0.2) is 39.9 Å². The van der Waals surface area contributed by atoms with Gasteiger partial charge in [0, 0.05) is 5.02 Å². The van der Waals surface area contributed by atoms with Crippen molar-refractivity contribution < 1.29 is 19.0 Å². The van der Waals surface area contributed by atoms with Crippen molar-refractivity contribution >= 4 is 39.7 Å². The fourth-order valence-electron chi connectivity index (χ4n) is 2.30. The Morgan fingerprint density at radius 2 is 2.04 bits per heavy atom. The van der Waals surface area contributed by atoms with Gasteiger partial charge in [0.1, 0.15) is 5.75 Å². The van der Waals surface area contributed by atoms with E-state index in [1.165, 1.54) is 6.21 Å². The highest BCUT2D eigenvalue weighted by molar-refractivity contribution is 9.10. The second-order valence-electron chi connectivity index (χ2n) is 5.39. The topological polar surface area (TPSA) is 69.2 Å². The summed E-state index contributed by atoms with van der Waals surface area (Å²) in [6, 6.07) is 8.74. The van der Waals surface area contributed by atoms with E-state index in [9.17, 15) is 4.79 Å². The molecule has 0 fully saturated rings. The minimum absolute atomic E-state index is 0.0870. The number of carbonyl (C=O) groups excluding carboxylic acids is 1. The molecule has 0 saturated carbocycles. The lowest BCUT2D eigenvalue weighted by molar-refractivity contribution is -0.120. The zero-order valence-electron chi connectivity index (χ0n) is 15.2. The summed E-state index contributed by atoms with van der Waals surface area (Å²) in [5.41, 5.74) is 3.88. The Labute approximate surface area is 171 Å². The Hall–Kier alpha value is -2.25. The van der Waals surface area contributed by atoms with E-state index in [2.05, 4.69) is 26.5 Å². The lowest BCUT2D eigenvalue weighted by Gasteiger charge is -2.12. The number of nitrogens with one attached hydrogen (secondary N) is 1. The minimum Gasteiger partial charge on any atom is -0.497 e. The Kier molecular flexibility index (Phi) is 7.94. The van der Waals surface area contributed by atoms with Crippen molar-refractivity contribution in [3.63, 3.8) is 0 Å². The van der Waals surface area contributed by atoms with Crippen LogP contribution in [0, 0.1) is 0 Å². The second-order valence-corrected chi connectivity index (χ2v) is 6.66. The fourth-order valence-corrected chi connectivity index (χ4v) is 3.06. The molecule has 2 aromatic rings. The van der Waals surface area contributed by atoms with Crippen LogP contribution in [-0.2, 0) is 11.2 Å². The third-order valence-corrected chi connectivity index (χ3v) is 4.50. The van der Waals surface area contributed by atoms with Crippen molar-refractivity contribution in [1.82, 2.24) is 5.43 Å². The number of nitrogens with zero attached hydrogens (tertiary/aromatic N) is 1. The van der Waals surface area contributed by atoms with E-state index < -0.39 is 0 Å². The summed E-state index contributed by atoms with van der Waals surface area (Å²) >= 11 is 9.56.